The van der Waals surface area contributed by atoms with Crippen molar-refractivity contribution >= 4 is 33.8 Å². The number of rotatable bonds is 6. The van der Waals surface area contributed by atoms with Gasteiger partial charge in [0.1, 0.15) is 11.4 Å². The number of nitrogens with zero attached hydrogens (tertiary/aromatic N) is 5. The summed E-state index contributed by atoms with van der Waals surface area (Å²) in [6.07, 6.45) is 3.67. The Balaban J connectivity index is 1.55. The van der Waals surface area contributed by atoms with E-state index < -0.39 is 0 Å². The average Bonchev–Trinajstić information content (AvgIpc) is 3.55. The van der Waals surface area contributed by atoms with E-state index in [4.69, 9.17) is 21.4 Å². The van der Waals surface area contributed by atoms with Crippen molar-refractivity contribution in [2.24, 2.45) is 0 Å². The number of ether oxygens (including phenoxy) is 1. The highest BCUT2D eigenvalue weighted by molar-refractivity contribution is 7.15. The summed E-state index contributed by atoms with van der Waals surface area (Å²) >= 11 is 7.85. The van der Waals surface area contributed by atoms with E-state index in [-0.39, 0.29) is 5.91 Å². The molecule has 3 heterocycles. The van der Waals surface area contributed by atoms with Crippen molar-refractivity contribution in [1.29, 1.82) is 0 Å². The Morgan fingerprint density at radius 2 is 2.00 bits per heavy atom. The molecule has 0 bridgehead atoms. The standard InChI is InChI=1S/C24H20ClN5O2S/c1-28(15-20-22(25)26-24-29(20)11-12-33-24)23(31)19-14-30(17-8-4-3-5-9-17)27-21(19)16-7-6-10-18(13-16)32-2/h3-14H,15H2,1-2H3. The third kappa shape index (κ3) is 3.99. The Hall–Kier alpha value is -3.62. The highest BCUT2D eigenvalue weighted by atomic mass is 35.5. The van der Waals surface area contributed by atoms with Crippen molar-refractivity contribution in [2.45, 2.75) is 6.54 Å². The van der Waals surface area contributed by atoms with E-state index in [1.807, 2.05) is 70.6 Å². The number of carbonyl (C=O) groups is 1. The highest BCUT2D eigenvalue weighted by Gasteiger charge is 2.24. The summed E-state index contributed by atoms with van der Waals surface area (Å²) < 4.78 is 9.01. The summed E-state index contributed by atoms with van der Waals surface area (Å²) in [4.78, 5) is 20.4. The monoisotopic (exact) mass is 477 g/mol. The zero-order chi connectivity index (χ0) is 22.9. The number of carbonyl (C=O) groups excluding carboxylic acids is 1. The molecule has 0 fully saturated rings. The van der Waals surface area contributed by atoms with Crippen LogP contribution in [0.15, 0.2) is 72.4 Å². The Kier molecular flexibility index (Phi) is 5.62. The van der Waals surface area contributed by atoms with E-state index in [1.165, 1.54) is 11.3 Å². The number of methoxy groups -OCH3 is 1. The Bertz CT molecular complexity index is 1440. The molecule has 0 radical (unpaired) electrons. The van der Waals surface area contributed by atoms with Gasteiger partial charge >= 0.3 is 0 Å². The molecule has 0 saturated carbocycles. The first-order valence-electron chi connectivity index (χ1n) is 10.2. The van der Waals surface area contributed by atoms with Crippen LogP contribution in [0, 0.1) is 0 Å². The summed E-state index contributed by atoms with van der Waals surface area (Å²) in [7, 11) is 3.36. The van der Waals surface area contributed by atoms with Crippen LogP contribution in [0.2, 0.25) is 5.15 Å². The number of para-hydroxylation sites is 1. The minimum absolute atomic E-state index is 0.170. The number of hydrogen-bond acceptors (Lipinski definition) is 5. The maximum Gasteiger partial charge on any atom is 0.257 e. The topological polar surface area (TPSA) is 64.7 Å². The lowest BCUT2D eigenvalue weighted by Crippen LogP contribution is -2.27. The van der Waals surface area contributed by atoms with Crippen LogP contribution >= 0.6 is 22.9 Å². The molecule has 5 rings (SSSR count). The van der Waals surface area contributed by atoms with Gasteiger partial charge in [-0.2, -0.15) is 5.10 Å². The molecular weight excluding hydrogens is 458 g/mol. The van der Waals surface area contributed by atoms with Crippen LogP contribution in [0.5, 0.6) is 5.75 Å². The van der Waals surface area contributed by atoms with Gasteiger partial charge in [-0.1, -0.05) is 41.9 Å². The number of halogens is 1. The van der Waals surface area contributed by atoms with Crippen molar-refractivity contribution in [3.63, 3.8) is 0 Å². The fourth-order valence-electron chi connectivity index (χ4n) is 3.68. The number of amides is 1. The molecule has 0 atom stereocenters. The molecule has 33 heavy (non-hydrogen) atoms. The molecule has 0 aliphatic carbocycles. The molecule has 0 spiro atoms. The Labute approximate surface area is 199 Å². The van der Waals surface area contributed by atoms with Crippen LogP contribution in [0.1, 0.15) is 16.1 Å². The molecular formula is C24H20ClN5O2S. The van der Waals surface area contributed by atoms with Crippen LogP contribution in [0.4, 0.5) is 0 Å². The van der Waals surface area contributed by atoms with Crippen LogP contribution in [0.25, 0.3) is 21.9 Å². The summed E-state index contributed by atoms with van der Waals surface area (Å²) in [5.41, 5.74) is 3.49. The van der Waals surface area contributed by atoms with Crippen LogP contribution in [-0.2, 0) is 6.54 Å². The third-order valence-corrected chi connectivity index (χ3v) is 6.41. The van der Waals surface area contributed by atoms with E-state index in [2.05, 4.69) is 4.98 Å². The van der Waals surface area contributed by atoms with Gasteiger partial charge in [-0.15, -0.1) is 11.3 Å². The van der Waals surface area contributed by atoms with Crippen molar-refractivity contribution in [3.8, 4) is 22.7 Å². The van der Waals surface area contributed by atoms with Crippen LogP contribution in [-0.4, -0.2) is 44.1 Å². The number of fused-ring (bicyclic) bond motifs is 1. The predicted octanol–water partition coefficient (Wildman–Crippen LogP) is 5.18. The molecule has 2 aromatic carbocycles. The lowest BCUT2D eigenvalue weighted by atomic mass is 10.1. The minimum atomic E-state index is -0.170. The van der Waals surface area contributed by atoms with Gasteiger partial charge in [0, 0.05) is 30.4 Å². The van der Waals surface area contributed by atoms with E-state index in [1.54, 1.807) is 29.9 Å². The average molecular weight is 478 g/mol. The molecule has 5 aromatic rings. The van der Waals surface area contributed by atoms with Crippen molar-refractivity contribution in [1.82, 2.24) is 24.1 Å². The first-order valence-corrected chi connectivity index (χ1v) is 11.5. The van der Waals surface area contributed by atoms with Gasteiger partial charge in [-0.25, -0.2) is 9.67 Å². The number of imidazole rings is 1. The van der Waals surface area contributed by atoms with E-state index in [9.17, 15) is 4.79 Å². The molecule has 0 aliphatic rings. The van der Waals surface area contributed by atoms with Gasteiger partial charge < -0.3 is 9.64 Å². The fraction of sp³-hybridized carbons (Fsp3) is 0.125. The molecule has 166 valence electrons. The van der Waals surface area contributed by atoms with Gasteiger partial charge in [0.05, 0.1) is 30.6 Å². The van der Waals surface area contributed by atoms with Gasteiger partial charge in [-0.3, -0.25) is 9.20 Å². The maximum atomic E-state index is 13.6. The largest absolute Gasteiger partial charge is 0.497 e. The van der Waals surface area contributed by atoms with Crippen molar-refractivity contribution in [2.75, 3.05) is 14.2 Å². The lowest BCUT2D eigenvalue weighted by molar-refractivity contribution is 0.0784. The second kappa shape index (κ2) is 8.73. The minimum Gasteiger partial charge on any atom is -0.497 e. The zero-order valence-electron chi connectivity index (χ0n) is 18.0. The second-order valence-electron chi connectivity index (χ2n) is 7.47. The zero-order valence-corrected chi connectivity index (χ0v) is 19.5. The maximum absolute atomic E-state index is 13.6. The van der Waals surface area contributed by atoms with Gasteiger partial charge in [-0.05, 0) is 24.3 Å². The van der Waals surface area contributed by atoms with Crippen LogP contribution < -0.4 is 4.74 Å². The van der Waals surface area contributed by atoms with Crippen LogP contribution in [0.3, 0.4) is 0 Å². The smallest absolute Gasteiger partial charge is 0.257 e. The molecule has 0 unspecified atom stereocenters. The molecule has 0 aliphatic heterocycles. The first-order chi connectivity index (χ1) is 16.0. The summed E-state index contributed by atoms with van der Waals surface area (Å²) in [6, 6.07) is 17.2. The van der Waals surface area contributed by atoms with Gasteiger partial charge in [0.2, 0.25) is 0 Å². The summed E-state index contributed by atoms with van der Waals surface area (Å²) in [5.74, 6) is 0.524. The van der Waals surface area contributed by atoms with Gasteiger partial charge in [0.25, 0.3) is 5.91 Å². The predicted molar refractivity (Wildman–Crippen MR) is 129 cm³/mol. The fourth-order valence-corrected chi connectivity index (χ4v) is 4.69. The van der Waals surface area contributed by atoms with Gasteiger partial charge in [0.15, 0.2) is 10.1 Å². The highest BCUT2D eigenvalue weighted by Crippen LogP contribution is 2.29. The molecule has 0 N–H and O–H groups in total. The number of benzene rings is 2. The number of hydrogen-bond donors (Lipinski definition) is 0. The van der Waals surface area contributed by atoms with E-state index >= 15 is 0 Å². The molecule has 7 nitrogen and oxygen atoms in total. The molecule has 1 amide bonds. The number of thiazole rings is 1. The van der Waals surface area contributed by atoms with E-state index in [0.717, 1.165) is 21.9 Å². The summed E-state index contributed by atoms with van der Waals surface area (Å²) in [5, 5.41) is 7.09. The van der Waals surface area contributed by atoms with Crippen molar-refractivity contribution < 1.29 is 9.53 Å². The van der Waals surface area contributed by atoms with E-state index in [0.29, 0.717) is 28.7 Å². The lowest BCUT2D eigenvalue weighted by Gasteiger charge is -2.17. The molecule has 3 aromatic heterocycles. The second-order valence-corrected chi connectivity index (χ2v) is 8.70. The molecule has 9 heteroatoms. The SMILES string of the molecule is COc1cccc(-c2nn(-c3ccccc3)cc2C(=O)N(C)Cc2c(Cl)nc3sccn23)c1. The normalized spacial score (nSPS) is 11.1. The molecule has 0 saturated heterocycles. The number of aromatic nitrogens is 4. The summed E-state index contributed by atoms with van der Waals surface area (Å²) in [6.45, 7) is 0.309. The Morgan fingerprint density at radius 3 is 2.79 bits per heavy atom. The third-order valence-electron chi connectivity index (χ3n) is 5.35. The first kappa shape index (κ1) is 21.2. The Morgan fingerprint density at radius 1 is 1.18 bits per heavy atom. The van der Waals surface area contributed by atoms with Crippen molar-refractivity contribution in [3.05, 3.63) is 88.8 Å². The quantitative estimate of drug-likeness (QED) is 0.338.